The van der Waals surface area contributed by atoms with E-state index in [1.807, 2.05) is 32.9 Å². The van der Waals surface area contributed by atoms with E-state index < -0.39 is 23.3 Å². The van der Waals surface area contributed by atoms with Crippen LogP contribution in [0, 0.1) is 17.3 Å². The fourth-order valence-corrected chi connectivity index (χ4v) is 5.83. The first-order chi connectivity index (χ1) is 17.1. The van der Waals surface area contributed by atoms with Crippen LogP contribution in [0.15, 0.2) is 24.3 Å². The molecule has 2 aliphatic carbocycles. The molecule has 1 amide bonds. The third-order valence-corrected chi connectivity index (χ3v) is 8.13. The number of nitrogens with zero attached hydrogens (tertiary/aromatic N) is 1. The van der Waals surface area contributed by atoms with Crippen LogP contribution in [0.2, 0.25) is 0 Å². The first-order valence-electron chi connectivity index (χ1n) is 13.8. The number of aliphatic carboxylic acids is 1. The lowest BCUT2D eigenvalue weighted by Gasteiger charge is -2.28. The van der Waals surface area contributed by atoms with Gasteiger partial charge < -0.3 is 15.2 Å². The Morgan fingerprint density at radius 2 is 1.75 bits per heavy atom. The van der Waals surface area contributed by atoms with E-state index in [9.17, 15) is 14.7 Å². The van der Waals surface area contributed by atoms with Crippen molar-refractivity contribution in [2.75, 3.05) is 0 Å². The van der Waals surface area contributed by atoms with E-state index in [4.69, 9.17) is 9.72 Å². The highest BCUT2D eigenvalue weighted by Gasteiger charge is 2.33. The van der Waals surface area contributed by atoms with E-state index in [0.717, 1.165) is 47.4 Å². The molecular weight excluding hydrogens is 452 g/mol. The van der Waals surface area contributed by atoms with Crippen LogP contribution in [0.3, 0.4) is 0 Å². The summed E-state index contributed by atoms with van der Waals surface area (Å²) in [6.07, 6.45) is 11.8. The lowest BCUT2D eigenvalue weighted by molar-refractivity contribution is -0.142. The number of carboxylic acids is 1. The van der Waals surface area contributed by atoms with E-state index in [1.54, 1.807) is 6.07 Å². The van der Waals surface area contributed by atoms with Gasteiger partial charge in [-0.1, -0.05) is 65.9 Å². The van der Waals surface area contributed by atoms with Crippen LogP contribution in [-0.4, -0.2) is 34.1 Å². The molecule has 2 aromatic rings. The molecule has 0 unspecified atom stereocenters. The molecule has 36 heavy (non-hydrogen) atoms. The number of hydrogen-bond acceptors (Lipinski definition) is 4. The van der Waals surface area contributed by atoms with Gasteiger partial charge in [-0.05, 0) is 72.9 Å². The Kier molecular flexibility index (Phi) is 8.21. The van der Waals surface area contributed by atoms with Gasteiger partial charge in [0.25, 0.3) is 5.91 Å². The average molecular weight is 495 g/mol. The highest BCUT2D eigenvalue weighted by Crippen LogP contribution is 2.34. The summed E-state index contributed by atoms with van der Waals surface area (Å²) in [5.74, 6) is 0.770. The molecule has 0 bridgehead atoms. The Bertz CT molecular complexity index is 1080. The van der Waals surface area contributed by atoms with Crippen LogP contribution in [0.5, 0.6) is 5.75 Å². The number of rotatable bonds is 8. The smallest absolute Gasteiger partial charge is 0.326 e. The number of hydrogen-bond donors (Lipinski definition) is 2. The van der Waals surface area contributed by atoms with Gasteiger partial charge in [-0.3, -0.25) is 4.79 Å². The number of nitrogens with one attached hydrogen (secondary N) is 1. The number of aromatic nitrogens is 1. The minimum atomic E-state index is -1.04. The van der Waals surface area contributed by atoms with Gasteiger partial charge in [0.15, 0.2) is 0 Å². The van der Waals surface area contributed by atoms with E-state index in [2.05, 4.69) is 18.3 Å². The van der Waals surface area contributed by atoms with Gasteiger partial charge in [0.2, 0.25) is 0 Å². The van der Waals surface area contributed by atoms with Gasteiger partial charge in [0, 0.05) is 11.1 Å². The molecule has 2 fully saturated rings. The Hall–Kier alpha value is -2.63. The number of carboxylic acid groups (broad SMARTS) is 1. The normalized spacial score (nSPS) is 21.9. The van der Waals surface area contributed by atoms with E-state index in [-0.39, 0.29) is 11.8 Å². The van der Waals surface area contributed by atoms with Crippen molar-refractivity contribution in [3.05, 3.63) is 35.7 Å². The number of amides is 1. The number of pyridine rings is 1. The molecule has 0 saturated heterocycles. The third kappa shape index (κ3) is 6.37. The highest BCUT2D eigenvalue weighted by atomic mass is 16.5. The summed E-state index contributed by atoms with van der Waals surface area (Å²) in [4.78, 5) is 29.8. The molecule has 4 rings (SSSR count). The van der Waals surface area contributed by atoms with Gasteiger partial charge in [-0.15, -0.1) is 0 Å². The first kappa shape index (κ1) is 26.4. The third-order valence-electron chi connectivity index (χ3n) is 8.13. The zero-order chi connectivity index (χ0) is 25.9. The molecule has 6 nitrogen and oxygen atoms in total. The Balaban J connectivity index is 1.61. The van der Waals surface area contributed by atoms with Crippen LogP contribution >= 0.6 is 0 Å². The van der Waals surface area contributed by atoms with Gasteiger partial charge in [0.05, 0.1) is 6.10 Å². The number of fused-ring (bicyclic) bond motifs is 1. The first-order valence-corrected chi connectivity index (χ1v) is 13.8. The van der Waals surface area contributed by atoms with Crippen LogP contribution in [-0.2, 0) is 11.2 Å². The molecule has 6 heteroatoms. The lowest BCUT2D eigenvalue weighted by atomic mass is 9.86. The number of carbonyl (C=O) groups is 2. The van der Waals surface area contributed by atoms with Crippen molar-refractivity contribution < 1.29 is 19.4 Å². The number of benzene rings is 1. The molecule has 1 atom stereocenters. The number of ether oxygens (including phenoxy) is 1. The van der Waals surface area contributed by atoms with Crippen molar-refractivity contribution in [1.29, 1.82) is 0 Å². The molecule has 1 aromatic heterocycles. The van der Waals surface area contributed by atoms with E-state index in [1.165, 1.54) is 44.9 Å². The van der Waals surface area contributed by atoms with Gasteiger partial charge in [-0.2, -0.15) is 0 Å². The molecule has 2 N–H and O–H groups in total. The zero-order valence-corrected chi connectivity index (χ0v) is 22.3. The Morgan fingerprint density at radius 1 is 1.06 bits per heavy atom. The second-order valence-electron chi connectivity index (χ2n) is 12.0. The van der Waals surface area contributed by atoms with Gasteiger partial charge in [0.1, 0.15) is 17.5 Å². The summed E-state index contributed by atoms with van der Waals surface area (Å²) >= 11 is 0. The minimum Gasteiger partial charge on any atom is -0.490 e. The summed E-state index contributed by atoms with van der Waals surface area (Å²) in [5, 5.41) is 14.3. The minimum absolute atomic E-state index is 0.256. The highest BCUT2D eigenvalue weighted by molar-refractivity contribution is 5.99. The van der Waals surface area contributed by atoms with Crippen LogP contribution in [0.4, 0.5) is 0 Å². The SMILES string of the molecule is CC[C@H]1CC[C@H](Oc2ccc3cc(C(=O)N[C@@H](C(=O)O)C(C)(C)C)nc(CC4CCCC4)c3c2)CC1. The zero-order valence-electron chi connectivity index (χ0n) is 22.3. The summed E-state index contributed by atoms with van der Waals surface area (Å²) in [5.41, 5.74) is 0.568. The van der Waals surface area contributed by atoms with E-state index in [0.29, 0.717) is 5.92 Å². The topological polar surface area (TPSA) is 88.5 Å². The Morgan fingerprint density at radius 3 is 2.36 bits per heavy atom. The average Bonchev–Trinajstić information content (AvgIpc) is 3.35. The predicted octanol–water partition coefficient (Wildman–Crippen LogP) is 6.54. The molecule has 196 valence electrons. The summed E-state index contributed by atoms with van der Waals surface area (Å²) in [7, 11) is 0. The summed E-state index contributed by atoms with van der Waals surface area (Å²) in [6, 6.07) is 6.87. The molecule has 0 spiro atoms. The quantitative estimate of drug-likeness (QED) is 0.435. The molecular formula is C30H42N2O4. The maximum absolute atomic E-state index is 13.2. The fourth-order valence-electron chi connectivity index (χ4n) is 5.83. The maximum Gasteiger partial charge on any atom is 0.326 e. The molecule has 1 heterocycles. The van der Waals surface area contributed by atoms with Gasteiger partial charge >= 0.3 is 5.97 Å². The van der Waals surface area contributed by atoms with E-state index >= 15 is 0 Å². The lowest BCUT2D eigenvalue weighted by Crippen LogP contribution is -2.49. The molecule has 0 radical (unpaired) electrons. The van der Waals surface area contributed by atoms with Crippen LogP contribution in [0.1, 0.15) is 102 Å². The largest absolute Gasteiger partial charge is 0.490 e. The van der Waals surface area contributed by atoms with Crippen LogP contribution < -0.4 is 10.1 Å². The van der Waals surface area contributed by atoms with Crippen molar-refractivity contribution in [3.8, 4) is 5.75 Å². The fraction of sp³-hybridized carbons (Fsp3) is 0.633. The van der Waals surface area contributed by atoms with Crippen molar-refractivity contribution in [1.82, 2.24) is 10.3 Å². The summed E-state index contributed by atoms with van der Waals surface area (Å²) < 4.78 is 6.40. The Labute approximate surface area is 215 Å². The molecule has 2 saturated carbocycles. The van der Waals surface area contributed by atoms with Crippen molar-refractivity contribution in [2.45, 2.75) is 104 Å². The van der Waals surface area contributed by atoms with Gasteiger partial charge in [-0.25, -0.2) is 9.78 Å². The predicted molar refractivity (Wildman–Crippen MR) is 142 cm³/mol. The van der Waals surface area contributed by atoms with Crippen LogP contribution in [0.25, 0.3) is 10.8 Å². The van der Waals surface area contributed by atoms with Crippen molar-refractivity contribution in [2.24, 2.45) is 17.3 Å². The summed E-state index contributed by atoms with van der Waals surface area (Å²) in [6.45, 7) is 7.69. The second kappa shape index (κ2) is 11.2. The van der Waals surface area contributed by atoms with Crippen molar-refractivity contribution >= 4 is 22.6 Å². The number of carbonyl (C=O) groups excluding carboxylic acids is 1. The van der Waals surface area contributed by atoms with Crippen molar-refractivity contribution in [3.63, 3.8) is 0 Å². The molecule has 2 aliphatic rings. The molecule has 0 aliphatic heterocycles. The maximum atomic E-state index is 13.2. The standard InChI is InChI=1S/C30H42N2O4/c1-5-19-10-13-22(14-11-19)36-23-15-12-21-17-26(28(33)32-27(29(34)35)30(2,3)4)31-25(24(21)18-23)16-20-8-6-7-9-20/h12,15,17-20,22,27H,5-11,13-14,16H2,1-4H3,(H,32,33)(H,34,35)/t19-,22-,27-/m0/s1. The monoisotopic (exact) mass is 494 g/mol. The second-order valence-corrected chi connectivity index (χ2v) is 12.0. The molecule has 1 aromatic carbocycles.